The van der Waals surface area contributed by atoms with Crippen LogP contribution in [0, 0.1) is 6.92 Å². The Bertz CT molecular complexity index is 1230. The van der Waals surface area contributed by atoms with Crippen LogP contribution in [0.15, 0.2) is 37.1 Å². The van der Waals surface area contributed by atoms with Crippen LogP contribution in [-0.2, 0) is 4.74 Å². The van der Waals surface area contributed by atoms with E-state index in [9.17, 15) is 0 Å². The second kappa shape index (κ2) is 8.18. The molecule has 2 fully saturated rings. The predicted molar refractivity (Wildman–Crippen MR) is 125 cm³/mol. The molecule has 2 N–H and O–H groups in total. The highest BCUT2D eigenvalue weighted by molar-refractivity contribution is 6.11. The third-order valence-corrected chi connectivity index (χ3v) is 6.98. The van der Waals surface area contributed by atoms with E-state index in [1.807, 2.05) is 19.4 Å². The number of anilines is 1. The average molecular weight is 432 g/mol. The zero-order chi connectivity index (χ0) is 21.5. The first kappa shape index (κ1) is 19.7. The Balaban J connectivity index is 1.26. The second-order valence-electron chi connectivity index (χ2n) is 9.02. The van der Waals surface area contributed by atoms with Crippen LogP contribution in [0.4, 0.5) is 5.82 Å². The van der Waals surface area contributed by atoms with Crippen molar-refractivity contribution in [1.29, 1.82) is 0 Å². The van der Waals surface area contributed by atoms with E-state index >= 15 is 0 Å². The first-order chi connectivity index (χ1) is 15.7. The number of ether oxygens (including phenoxy) is 1. The summed E-state index contributed by atoms with van der Waals surface area (Å²) in [5, 5.41) is 5.95. The van der Waals surface area contributed by atoms with Gasteiger partial charge in [0.15, 0.2) is 0 Å². The van der Waals surface area contributed by atoms with E-state index in [0.29, 0.717) is 12.1 Å². The van der Waals surface area contributed by atoms with Gasteiger partial charge in [-0.2, -0.15) is 0 Å². The van der Waals surface area contributed by atoms with Crippen LogP contribution in [0.1, 0.15) is 31.4 Å². The number of benzene rings is 1. The lowest BCUT2D eigenvalue weighted by atomic mass is 9.90. The lowest BCUT2D eigenvalue weighted by Gasteiger charge is -2.39. The Morgan fingerprint density at radius 3 is 2.69 bits per heavy atom. The second-order valence-corrected chi connectivity index (χ2v) is 9.02. The molecule has 0 radical (unpaired) electrons. The van der Waals surface area contributed by atoms with Gasteiger partial charge in [-0.05, 0) is 50.8 Å². The Kier molecular flexibility index (Phi) is 5.04. The highest BCUT2D eigenvalue weighted by Gasteiger charge is 2.27. The summed E-state index contributed by atoms with van der Waals surface area (Å²) in [6.07, 6.45) is 10.3. The van der Waals surface area contributed by atoms with E-state index in [-0.39, 0.29) is 0 Å². The fourth-order valence-electron chi connectivity index (χ4n) is 5.26. The average Bonchev–Trinajstić information content (AvgIpc) is 3.43. The minimum absolute atomic E-state index is 0.440. The maximum Gasteiger partial charge on any atom is 0.143 e. The number of nitrogens with one attached hydrogen (secondary N) is 2. The van der Waals surface area contributed by atoms with Crippen molar-refractivity contribution in [3.05, 3.63) is 42.7 Å². The molecule has 1 aliphatic heterocycles. The van der Waals surface area contributed by atoms with Gasteiger partial charge in [0, 0.05) is 48.0 Å². The van der Waals surface area contributed by atoms with Gasteiger partial charge in [-0.15, -0.1) is 0 Å². The van der Waals surface area contributed by atoms with Crippen molar-refractivity contribution in [2.24, 2.45) is 0 Å². The quantitative estimate of drug-likeness (QED) is 0.513. The van der Waals surface area contributed by atoms with Gasteiger partial charge in [-0.1, -0.05) is 0 Å². The van der Waals surface area contributed by atoms with Crippen LogP contribution in [0.5, 0.6) is 0 Å². The number of aromatic nitrogens is 5. The summed E-state index contributed by atoms with van der Waals surface area (Å²) in [5.74, 6) is 0.926. The molecule has 1 aliphatic carbocycles. The molecule has 1 saturated heterocycles. The summed E-state index contributed by atoms with van der Waals surface area (Å²) in [5.41, 5.74) is 4.03. The number of rotatable bonds is 4. The number of morpholine rings is 1. The third-order valence-electron chi connectivity index (χ3n) is 6.98. The van der Waals surface area contributed by atoms with Gasteiger partial charge in [0.1, 0.15) is 17.8 Å². The molecule has 4 aromatic rings. The highest BCUT2D eigenvalue weighted by Crippen LogP contribution is 2.33. The van der Waals surface area contributed by atoms with E-state index < -0.39 is 0 Å². The Morgan fingerprint density at radius 2 is 1.91 bits per heavy atom. The molecule has 0 bridgehead atoms. The molecule has 0 atom stereocenters. The molecule has 0 spiro atoms. The van der Waals surface area contributed by atoms with Gasteiger partial charge in [0.25, 0.3) is 0 Å². The largest absolute Gasteiger partial charge is 0.379 e. The van der Waals surface area contributed by atoms with Crippen molar-refractivity contribution in [3.63, 3.8) is 0 Å². The number of imidazole rings is 1. The fraction of sp³-hybridized carbons (Fsp3) is 0.458. The van der Waals surface area contributed by atoms with Crippen LogP contribution < -0.4 is 5.32 Å². The summed E-state index contributed by atoms with van der Waals surface area (Å²) in [6.45, 7) is 5.90. The first-order valence-corrected chi connectivity index (χ1v) is 11.6. The number of fused-ring (bicyclic) bond motifs is 3. The Labute approximate surface area is 187 Å². The van der Waals surface area contributed by atoms with Gasteiger partial charge in [0.05, 0.1) is 30.6 Å². The lowest BCUT2D eigenvalue weighted by Crippen LogP contribution is -2.46. The molecule has 8 heteroatoms. The number of hydrogen-bond donors (Lipinski definition) is 2. The molecule has 166 valence electrons. The van der Waals surface area contributed by atoms with Gasteiger partial charge in [-0.3, -0.25) is 4.90 Å². The zero-order valence-electron chi connectivity index (χ0n) is 18.4. The van der Waals surface area contributed by atoms with Crippen molar-refractivity contribution in [2.45, 2.75) is 44.7 Å². The molecule has 1 saturated carbocycles. The van der Waals surface area contributed by atoms with Crippen LogP contribution in [-0.4, -0.2) is 67.8 Å². The maximum atomic E-state index is 5.52. The van der Waals surface area contributed by atoms with Gasteiger partial charge in [0.2, 0.25) is 0 Å². The van der Waals surface area contributed by atoms with Crippen molar-refractivity contribution in [2.75, 3.05) is 31.6 Å². The summed E-state index contributed by atoms with van der Waals surface area (Å²) >= 11 is 0. The Hall–Kier alpha value is -2.97. The van der Waals surface area contributed by atoms with Crippen LogP contribution >= 0.6 is 0 Å². The SMILES string of the molecule is Cc1cn(-c2ccc3[nH]c4ncnc(NC5CCC(N6CCOCC6)CC5)c4c3c2)cn1. The maximum absolute atomic E-state index is 5.52. The normalized spacial score (nSPS) is 22.5. The van der Waals surface area contributed by atoms with E-state index in [1.165, 1.54) is 12.8 Å². The molecule has 0 unspecified atom stereocenters. The van der Waals surface area contributed by atoms with Crippen molar-refractivity contribution in [3.8, 4) is 5.69 Å². The first-order valence-electron chi connectivity index (χ1n) is 11.6. The molecular formula is C24H29N7O. The molecule has 4 heterocycles. The molecule has 2 aliphatic rings. The number of hydrogen-bond acceptors (Lipinski definition) is 6. The van der Waals surface area contributed by atoms with Crippen LogP contribution in [0.2, 0.25) is 0 Å². The Morgan fingerprint density at radius 1 is 1.06 bits per heavy atom. The van der Waals surface area contributed by atoms with Crippen LogP contribution in [0.3, 0.4) is 0 Å². The predicted octanol–water partition coefficient (Wildman–Crippen LogP) is 3.66. The molecule has 32 heavy (non-hydrogen) atoms. The number of nitrogens with zero attached hydrogens (tertiary/aromatic N) is 5. The number of H-pyrrole nitrogens is 1. The van der Waals surface area contributed by atoms with Crippen molar-refractivity contribution in [1.82, 2.24) is 29.4 Å². The van der Waals surface area contributed by atoms with Gasteiger partial charge < -0.3 is 19.6 Å². The zero-order valence-corrected chi connectivity index (χ0v) is 18.4. The van der Waals surface area contributed by atoms with Crippen molar-refractivity contribution >= 4 is 27.8 Å². The van der Waals surface area contributed by atoms with E-state index in [1.54, 1.807) is 6.33 Å². The standard InChI is InChI=1S/C24H29N7O/c1-16-13-31(15-27-16)19-6-7-21-20(12-19)22-23(25-14-26-24(22)29-21)28-17-2-4-18(5-3-17)30-8-10-32-11-9-30/h6-7,12-15,17-18H,2-5,8-11H2,1H3,(H2,25,26,28,29). The molecule has 3 aromatic heterocycles. The molecule has 6 rings (SSSR count). The van der Waals surface area contributed by atoms with E-state index in [0.717, 1.165) is 78.3 Å². The number of aromatic amines is 1. The minimum Gasteiger partial charge on any atom is -0.379 e. The van der Waals surface area contributed by atoms with Gasteiger partial charge >= 0.3 is 0 Å². The summed E-state index contributed by atoms with van der Waals surface area (Å²) < 4.78 is 7.57. The van der Waals surface area contributed by atoms with E-state index in [2.05, 4.69) is 52.9 Å². The third kappa shape index (κ3) is 3.63. The minimum atomic E-state index is 0.440. The van der Waals surface area contributed by atoms with Gasteiger partial charge in [-0.25, -0.2) is 15.0 Å². The molecule has 0 amide bonds. The van der Waals surface area contributed by atoms with E-state index in [4.69, 9.17) is 4.74 Å². The molecule has 1 aromatic carbocycles. The molecule has 8 nitrogen and oxygen atoms in total. The van der Waals surface area contributed by atoms with Crippen LogP contribution in [0.25, 0.3) is 27.6 Å². The lowest BCUT2D eigenvalue weighted by molar-refractivity contribution is 0.00791. The van der Waals surface area contributed by atoms with Crippen molar-refractivity contribution < 1.29 is 4.74 Å². The smallest absolute Gasteiger partial charge is 0.143 e. The number of aryl methyl sites for hydroxylation is 1. The summed E-state index contributed by atoms with van der Waals surface area (Å²) in [6, 6.07) is 7.54. The monoisotopic (exact) mass is 431 g/mol. The molecular weight excluding hydrogens is 402 g/mol. The highest BCUT2D eigenvalue weighted by atomic mass is 16.5. The summed E-state index contributed by atoms with van der Waals surface area (Å²) in [4.78, 5) is 19.6. The summed E-state index contributed by atoms with van der Waals surface area (Å²) in [7, 11) is 0. The fourth-order valence-corrected chi connectivity index (χ4v) is 5.26. The topological polar surface area (TPSA) is 83.9 Å².